The summed E-state index contributed by atoms with van der Waals surface area (Å²) in [6.07, 6.45) is 11.5. The van der Waals surface area contributed by atoms with Crippen molar-refractivity contribution in [2.75, 3.05) is 11.4 Å². The molecule has 2 amide bonds. The normalized spacial score (nSPS) is 25.8. The molecule has 1 aliphatic carbocycles. The maximum absolute atomic E-state index is 14.4. The first-order chi connectivity index (χ1) is 18.9. The fraction of sp³-hybridized carbons (Fsp3) is 0.500. The predicted octanol–water partition coefficient (Wildman–Crippen LogP) is 6.85. The highest BCUT2D eigenvalue weighted by atomic mass is 19.1. The van der Waals surface area contributed by atoms with Crippen molar-refractivity contribution in [3.8, 4) is 5.75 Å². The van der Waals surface area contributed by atoms with Crippen LogP contribution in [0, 0.1) is 5.82 Å². The molecule has 7 heteroatoms. The molecule has 1 N–H and O–H groups in total. The van der Waals surface area contributed by atoms with Gasteiger partial charge in [0.1, 0.15) is 22.9 Å². The molecule has 3 fully saturated rings. The fourth-order valence-electron chi connectivity index (χ4n) is 6.42. The third-order valence-corrected chi connectivity index (χ3v) is 8.15. The number of allylic oxidation sites excluding steroid dienone is 1. The number of likely N-dealkylation sites (tertiary alicyclic amines) is 1. The van der Waals surface area contributed by atoms with Crippen LogP contribution in [0.4, 0.5) is 14.9 Å². The number of benzene rings is 2. The number of anilines is 1. The summed E-state index contributed by atoms with van der Waals surface area (Å²) in [5, 5.41) is 3.14. The molecule has 5 rings (SSSR count). The number of amidine groups is 1. The summed E-state index contributed by atoms with van der Waals surface area (Å²) in [5.74, 6) is 1.28. The quantitative estimate of drug-likeness (QED) is 0.397. The molecule has 0 aromatic heterocycles. The number of nitrogens with zero attached hydrogens (tertiary/aromatic N) is 3. The fourth-order valence-corrected chi connectivity index (χ4v) is 6.42. The molecule has 3 aliphatic rings. The lowest BCUT2D eigenvalue weighted by molar-refractivity contribution is 0.140. The number of piperidine rings is 1. The van der Waals surface area contributed by atoms with Gasteiger partial charge < -0.3 is 4.74 Å². The minimum absolute atomic E-state index is 0.0822. The van der Waals surface area contributed by atoms with E-state index in [2.05, 4.69) is 34.5 Å². The Kier molecular flexibility index (Phi) is 8.36. The maximum atomic E-state index is 14.4. The summed E-state index contributed by atoms with van der Waals surface area (Å²) >= 11 is 0. The number of hydrogen-bond donors (Lipinski definition) is 1. The van der Waals surface area contributed by atoms with E-state index in [-0.39, 0.29) is 30.0 Å². The van der Waals surface area contributed by atoms with Crippen molar-refractivity contribution in [2.24, 2.45) is 4.99 Å². The van der Waals surface area contributed by atoms with E-state index >= 15 is 0 Å². The molecule has 2 aliphatic heterocycles. The molecule has 0 bridgehead atoms. The van der Waals surface area contributed by atoms with Crippen LogP contribution in [0.25, 0.3) is 0 Å². The highest BCUT2D eigenvalue weighted by Crippen LogP contribution is 2.41. The summed E-state index contributed by atoms with van der Waals surface area (Å²) < 4.78 is 20.3. The molecule has 2 aromatic carbocycles. The molecule has 208 valence electrons. The minimum atomic E-state index is -0.647. The molecule has 2 aromatic rings. The van der Waals surface area contributed by atoms with Crippen LogP contribution in [-0.2, 0) is 6.54 Å². The molecule has 1 saturated carbocycles. The number of carbonyl (C=O) groups excluding carboxylic acids is 1. The molecule has 2 atom stereocenters. The van der Waals surface area contributed by atoms with Crippen molar-refractivity contribution in [3.05, 3.63) is 72.1 Å². The number of urea groups is 1. The van der Waals surface area contributed by atoms with Gasteiger partial charge >= 0.3 is 6.03 Å². The standard InChI is InChI=1S/C32H41FN4O2/c1-4-10-28-21-32(17-18-36(28)22-24-11-8-16-29(19-24)39-23(2)3)30(34-26-13-6-5-7-14-26)35-31(38)37(32)27-15-9-12-25(33)20-27/h4,8-12,15-16,19-20,23,26,28H,5-7,13-14,17-18,21-22H2,1-3H3,(H,34,35,38)/b10-4+/t28-,32+/m0/s1. The van der Waals surface area contributed by atoms with Crippen LogP contribution in [0.15, 0.2) is 65.7 Å². The second-order valence-electron chi connectivity index (χ2n) is 11.4. The van der Waals surface area contributed by atoms with E-state index in [1.54, 1.807) is 11.0 Å². The largest absolute Gasteiger partial charge is 0.491 e. The molecule has 39 heavy (non-hydrogen) atoms. The van der Waals surface area contributed by atoms with E-state index in [1.807, 2.05) is 39.0 Å². The Morgan fingerprint density at radius 2 is 1.95 bits per heavy atom. The zero-order chi connectivity index (χ0) is 27.4. The van der Waals surface area contributed by atoms with Gasteiger partial charge in [0.05, 0.1) is 12.1 Å². The average Bonchev–Trinajstić information content (AvgIpc) is 3.16. The maximum Gasteiger partial charge on any atom is 0.328 e. The first-order valence-corrected chi connectivity index (χ1v) is 14.5. The summed E-state index contributed by atoms with van der Waals surface area (Å²) in [4.78, 5) is 23.0. The number of aliphatic imine (C=N–C) groups is 1. The van der Waals surface area contributed by atoms with E-state index < -0.39 is 5.54 Å². The number of hydrogen-bond acceptors (Lipinski definition) is 4. The van der Waals surface area contributed by atoms with Gasteiger partial charge in [-0.25, -0.2) is 9.18 Å². The van der Waals surface area contributed by atoms with Gasteiger partial charge in [-0.15, -0.1) is 0 Å². The van der Waals surface area contributed by atoms with Crippen molar-refractivity contribution in [1.29, 1.82) is 0 Å². The van der Waals surface area contributed by atoms with Crippen molar-refractivity contribution in [3.63, 3.8) is 0 Å². The van der Waals surface area contributed by atoms with Crippen LogP contribution in [0.3, 0.4) is 0 Å². The summed E-state index contributed by atoms with van der Waals surface area (Å²) in [6.45, 7) is 7.65. The third-order valence-electron chi connectivity index (χ3n) is 8.15. The molecular weight excluding hydrogens is 491 g/mol. The van der Waals surface area contributed by atoms with Gasteiger partial charge in [-0.3, -0.25) is 20.1 Å². The Labute approximate surface area is 231 Å². The minimum Gasteiger partial charge on any atom is -0.491 e. The van der Waals surface area contributed by atoms with Gasteiger partial charge in [0, 0.05) is 24.8 Å². The number of carbonyl (C=O) groups is 1. The van der Waals surface area contributed by atoms with E-state index in [0.717, 1.165) is 37.5 Å². The molecule has 0 radical (unpaired) electrons. The van der Waals surface area contributed by atoms with Crippen molar-refractivity contribution >= 4 is 17.6 Å². The summed E-state index contributed by atoms with van der Waals surface area (Å²) in [7, 11) is 0. The number of ether oxygens (including phenoxy) is 1. The topological polar surface area (TPSA) is 57.2 Å². The summed E-state index contributed by atoms with van der Waals surface area (Å²) in [6, 6.07) is 14.8. The number of rotatable bonds is 7. The van der Waals surface area contributed by atoms with E-state index in [1.165, 1.54) is 37.0 Å². The zero-order valence-corrected chi connectivity index (χ0v) is 23.4. The highest BCUT2D eigenvalue weighted by Gasteiger charge is 2.55. The number of nitrogens with one attached hydrogen (secondary N) is 1. The second-order valence-corrected chi connectivity index (χ2v) is 11.4. The van der Waals surface area contributed by atoms with Crippen LogP contribution in [0.1, 0.15) is 71.3 Å². The zero-order valence-electron chi connectivity index (χ0n) is 23.4. The van der Waals surface area contributed by atoms with Crippen LogP contribution in [-0.4, -0.2) is 47.0 Å². The van der Waals surface area contributed by atoms with E-state index in [4.69, 9.17) is 9.73 Å². The van der Waals surface area contributed by atoms with Crippen LogP contribution >= 0.6 is 0 Å². The van der Waals surface area contributed by atoms with Gasteiger partial charge in [-0.2, -0.15) is 0 Å². The van der Waals surface area contributed by atoms with E-state index in [0.29, 0.717) is 18.5 Å². The first-order valence-electron chi connectivity index (χ1n) is 14.5. The Bertz CT molecular complexity index is 1220. The van der Waals surface area contributed by atoms with Crippen molar-refractivity contribution in [2.45, 2.75) is 96.0 Å². The van der Waals surface area contributed by atoms with E-state index in [9.17, 15) is 9.18 Å². The number of amides is 2. The Hall–Kier alpha value is -3.19. The first kappa shape index (κ1) is 27.4. The lowest BCUT2D eigenvalue weighted by Gasteiger charge is -2.47. The van der Waals surface area contributed by atoms with Crippen molar-refractivity contribution < 1.29 is 13.9 Å². The summed E-state index contributed by atoms with van der Waals surface area (Å²) in [5.41, 5.74) is 1.12. The lowest BCUT2D eigenvalue weighted by Crippen LogP contribution is -2.59. The SMILES string of the molecule is C/C=C/[C@H]1C[C@]2(CCN1Cc1cccc(OC(C)C)c1)C(=NC1CCCCC1)NC(=O)N2c1cccc(F)c1. The van der Waals surface area contributed by atoms with Gasteiger partial charge in [0.15, 0.2) is 0 Å². The Morgan fingerprint density at radius 3 is 2.69 bits per heavy atom. The molecule has 0 unspecified atom stereocenters. The molecule has 2 heterocycles. The molecule has 2 saturated heterocycles. The van der Waals surface area contributed by atoms with Gasteiger partial charge in [0.25, 0.3) is 0 Å². The van der Waals surface area contributed by atoms with Gasteiger partial charge in [-0.1, -0.05) is 49.6 Å². The average molecular weight is 533 g/mol. The number of halogens is 1. The molecular formula is C32H41FN4O2. The lowest BCUT2D eigenvalue weighted by atomic mass is 9.80. The predicted molar refractivity (Wildman–Crippen MR) is 155 cm³/mol. The smallest absolute Gasteiger partial charge is 0.328 e. The third kappa shape index (κ3) is 6.03. The highest BCUT2D eigenvalue weighted by molar-refractivity contribution is 6.19. The molecule has 1 spiro atoms. The second kappa shape index (κ2) is 11.9. The molecule has 6 nitrogen and oxygen atoms in total. The van der Waals surface area contributed by atoms with Gasteiger partial charge in [-0.05, 0) is 82.3 Å². The Morgan fingerprint density at radius 1 is 1.15 bits per heavy atom. The van der Waals surface area contributed by atoms with Crippen LogP contribution in [0.2, 0.25) is 0 Å². The van der Waals surface area contributed by atoms with Crippen LogP contribution < -0.4 is 15.0 Å². The Balaban J connectivity index is 1.48. The monoisotopic (exact) mass is 532 g/mol. The van der Waals surface area contributed by atoms with Crippen molar-refractivity contribution in [1.82, 2.24) is 10.2 Å². The van der Waals surface area contributed by atoms with Crippen LogP contribution in [0.5, 0.6) is 5.75 Å². The van der Waals surface area contributed by atoms with Gasteiger partial charge in [0.2, 0.25) is 0 Å².